The molecular weight excluding hydrogens is 548 g/mol. The molecular formula is C29H30N4O9. The van der Waals surface area contributed by atoms with Crippen molar-refractivity contribution in [2.24, 2.45) is 5.92 Å². The van der Waals surface area contributed by atoms with E-state index >= 15 is 0 Å². The van der Waals surface area contributed by atoms with E-state index in [2.05, 4.69) is 10.3 Å². The second-order valence-corrected chi connectivity index (χ2v) is 9.40. The van der Waals surface area contributed by atoms with Gasteiger partial charge in [0.2, 0.25) is 5.91 Å². The van der Waals surface area contributed by atoms with E-state index in [1.165, 1.54) is 40.1 Å². The van der Waals surface area contributed by atoms with Gasteiger partial charge < -0.3 is 34.8 Å². The molecule has 1 saturated heterocycles. The Kier molecular flexibility index (Phi) is 9.53. The number of carboxylic acid groups (broad SMARTS) is 2. The van der Waals surface area contributed by atoms with Crippen molar-refractivity contribution in [3.05, 3.63) is 65.9 Å². The van der Waals surface area contributed by atoms with Crippen LogP contribution in [-0.4, -0.2) is 94.2 Å². The lowest BCUT2D eigenvalue weighted by atomic mass is 10.0. The smallest absolute Gasteiger partial charge is 0.409 e. The first kappa shape index (κ1) is 29.8. The third kappa shape index (κ3) is 7.11. The minimum absolute atomic E-state index is 0.0131. The topological polar surface area (TPSA) is 176 Å². The Balaban J connectivity index is 1.40. The Morgan fingerprint density at radius 1 is 0.952 bits per heavy atom. The van der Waals surface area contributed by atoms with Crippen LogP contribution >= 0.6 is 0 Å². The van der Waals surface area contributed by atoms with E-state index in [1.54, 1.807) is 31.2 Å². The molecule has 1 unspecified atom stereocenters. The summed E-state index contributed by atoms with van der Waals surface area (Å²) in [5.41, 5.74) is 0.584. The van der Waals surface area contributed by atoms with Crippen molar-refractivity contribution in [1.29, 1.82) is 0 Å². The molecule has 1 atom stereocenters. The standard InChI is InChI=1S/C29H30N4O9/c1-2-41-29(40)33-15-13-32(14-16-33)26(35)21(28(38)39)11-12-30-25(34)23-17-24(20-5-3-4-6-22(20)31-23)42-19-9-7-18(8-10-19)27(36)37/h3-10,17,21H,2,11-16H2,1H3,(H,30,34)(H,36,37)(H,38,39). The summed E-state index contributed by atoms with van der Waals surface area (Å²) < 4.78 is 10.9. The monoisotopic (exact) mass is 578 g/mol. The molecule has 13 heteroatoms. The summed E-state index contributed by atoms with van der Waals surface area (Å²) in [6.45, 7) is 2.64. The number of para-hydroxylation sites is 1. The van der Waals surface area contributed by atoms with Gasteiger partial charge in [-0.1, -0.05) is 12.1 Å². The number of ether oxygens (including phenoxy) is 2. The molecule has 2 aromatic carbocycles. The molecule has 1 aliphatic rings. The fraction of sp³-hybridized carbons (Fsp3) is 0.310. The molecule has 0 bridgehead atoms. The van der Waals surface area contributed by atoms with Crippen LogP contribution in [-0.2, 0) is 14.3 Å². The predicted octanol–water partition coefficient (Wildman–Crippen LogP) is 2.85. The highest BCUT2D eigenvalue weighted by Gasteiger charge is 2.33. The van der Waals surface area contributed by atoms with Crippen molar-refractivity contribution in [3.8, 4) is 11.5 Å². The number of aliphatic carboxylic acids is 1. The number of hydrogen-bond donors (Lipinski definition) is 3. The molecule has 1 aromatic heterocycles. The molecule has 220 valence electrons. The highest BCUT2D eigenvalue weighted by atomic mass is 16.6. The predicted molar refractivity (Wildman–Crippen MR) is 148 cm³/mol. The van der Waals surface area contributed by atoms with Crippen LogP contribution in [0.4, 0.5) is 4.79 Å². The normalized spacial score (nSPS) is 13.7. The van der Waals surface area contributed by atoms with Crippen LogP contribution in [0, 0.1) is 5.92 Å². The lowest BCUT2D eigenvalue weighted by Crippen LogP contribution is -2.53. The quantitative estimate of drug-likeness (QED) is 0.303. The summed E-state index contributed by atoms with van der Waals surface area (Å²) >= 11 is 0. The Morgan fingerprint density at radius 3 is 2.26 bits per heavy atom. The summed E-state index contributed by atoms with van der Waals surface area (Å²) in [5.74, 6) is -4.27. The molecule has 3 N–H and O–H groups in total. The van der Waals surface area contributed by atoms with Gasteiger partial charge in [0.1, 0.15) is 23.1 Å². The lowest BCUT2D eigenvalue weighted by Gasteiger charge is -2.35. The third-order valence-electron chi connectivity index (χ3n) is 6.67. The Bertz CT molecular complexity index is 1480. The number of carboxylic acids is 2. The molecule has 0 radical (unpaired) electrons. The lowest BCUT2D eigenvalue weighted by molar-refractivity contribution is -0.152. The van der Waals surface area contributed by atoms with Gasteiger partial charge in [-0.2, -0.15) is 0 Å². The van der Waals surface area contributed by atoms with Crippen LogP contribution in [0.3, 0.4) is 0 Å². The number of aromatic nitrogens is 1. The number of pyridine rings is 1. The maximum Gasteiger partial charge on any atom is 0.409 e. The number of hydrogen-bond acceptors (Lipinski definition) is 8. The van der Waals surface area contributed by atoms with Gasteiger partial charge in [0, 0.05) is 44.2 Å². The first-order valence-corrected chi connectivity index (χ1v) is 13.3. The zero-order valence-electron chi connectivity index (χ0n) is 22.8. The fourth-order valence-corrected chi connectivity index (χ4v) is 4.45. The molecule has 0 aliphatic carbocycles. The molecule has 3 aromatic rings. The van der Waals surface area contributed by atoms with Crippen LogP contribution in [0.25, 0.3) is 10.9 Å². The van der Waals surface area contributed by atoms with Crippen molar-refractivity contribution in [2.45, 2.75) is 13.3 Å². The van der Waals surface area contributed by atoms with Gasteiger partial charge in [0.15, 0.2) is 0 Å². The van der Waals surface area contributed by atoms with Gasteiger partial charge in [-0.15, -0.1) is 0 Å². The molecule has 1 fully saturated rings. The summed E-state index contributed by atoms with van der Waals surface area (Å²) in [6, 6.07) is 14.2. The number of nitrogens with zero attached hydrogens (tertiary/aromatic N) is 3. The van der Waals surface area contributed by atoms with Crippen LogP contribution in [0.2, 0.25) is 0 Å². The third-order valence-corrected chi connectivity index (χ3v) is 6.67. The number of piperazine rings is 1. The van der Waals surface area contributed by atoms with Crippen molar-refractivity contribution >= 4 is 40.7 Å². The van der Waals surface area contributed by atoms with Crippen molar-refractivity contribution in [3.63, 3.8) is 0 Å². The molecule has 1 aliphatic heterocycles. The van der Waals surface area contributed by atoms with Crippen molar-refractivity contribution in [1.82, 2.24) is 20.1 Å². The number of benzene rings is 2. The zero-order valence-corrected chi connectivity index (χ0v) is 22.8. The van der Waals surface area contributed by atoms with E-state index in [9.17, 15) is 29.1 Å². The zero-order chi connectivity index (χ0) is 30.2. The van der Waals surface area contributed by atoms with E-state index < -0.39 is 35.8 Å². The summed E-state index contributed by atoms with van der Waals surface area (Å²) in [4.78, 5) is 68.1. The number of aromatic carboxylic acids is 1. The SMILES string of the molecule is CCOC(=O)N1CCN(C(=O)C(CCNC(=O)c2cc(Oc3ccc(C(=O)O)cc3)c3ccccc3n2)C(=O)O)CC1. The van der Waals surface area contributed by atoms with Gasteiger partial charge in [-0.05, 0) is 49.7 Å². The highest BCUT2D eigenvalue weighted by Crippen LogP contribution is 2.30. The Hall–Kier alpha value is -5.20. The molecule has 0 saturated carbocycles. The fourth-order valence-electron chi connectivity index (χ4n) is 4.45. The summed E-state index contributed by atoms with van der Waals surface area (Å²) in [7, 11) is 0. The first-order valence-electron chi connectivity index (χ1n) is 13.3. The van der Waals surface area contributed by atoms with Gasteiger partial charge in [0.05, 0.1) is 17.7 Å². The van der Waals surface area contributed by atoms with E-state index in [0.717, 1.165) is 0 Å². The van der Waals surface area contributed by atoms with Gasteiger partial charge in [0.25, 0.3) is 5.91 Å². The Morgan fingerprint density at radius 2 is 1.62 bits per heavy atom. The number of amides is 3. The largest absolute Gasteiger partial charge is 0.481 e. The maximum atomic E-state index is 13.0. The Labute approximate surface area is 240 Å². The van der Waals surface area contributed by atoms with E-state index in [0.29, 0.717) is 22.4 Å². The average molecular weight is 579 g/mol. The van der Waals surface area contributed by atoms with E-state index in [4.69, 9.17) is 14.6 Å². The van der Waals surface area contributed by atoms with E-state index in [1.807, 2.05) is 0 Å². The first-order chi connectivity index (χ1) is 20.2. The molecule has 3 amide bonds. The van der Waals surface area contributed by atoms with Crippen molar-refractivity contribution in [2.75, 3.05) is 39.3 Å². The van der Waals surface area contributed by atoms with Crippen LogP contribution in [0.5, 0.6) is 11.5 Å². The molecule has 42 heavy (non-hydrogen) atoms. The molecule has 13 nitrogen and oxygen atoms in total. The summed E-state index contributed by atoms with van der Waals surface area (Å²) in [6.07, 6.45) is -0.626. The highest BCUT2D eigenvalue weighted by molar-refractivity contribution is 5.98. The van der Waals surface area contributed by atoms with E-state index in [-0.39, 0.29) is 57.0 Å². The average Bonchev–Trinajstić information content (AvgIpc) is 2.99. The maximum absolute atomic E-state index is 13.0. The van der Waals surface area contributed by atoms with Crippen LogP contribution < -0.4 is 10.1 Å². The molecule has 0 spiro atoms. The molecule has 2 heterocycles. The second-order valence-electron chi connectivity index (χ2n) is 9.40. The number of carbonyl (C=O) groups excluding carboxylic acids is 3. The van der Waals surface area contributed by atoms with Crippen LogP contribution in [0.1, 0.15) is 34.2 Å². The molecule has 4 rings (SSSR count). The van der Waals surface area contributed by atoms with Crippen molar-refractivity contribution < 1.29 is 43.7 Å². The number of carbonyl (C=O) groups is 5. The minimum atomic E-state index is -1.38. The van der Waals surface area contributed by atoms with Gasteiger partial charge >= 0.3 is 18.0 Å². The van der Waals surface area contributed by atoms with Gasteiger partial charge in [-0.3, -0.25) is 14.4 Å². The number of fused-ring (bicyclic) bond motifs is 1. The summed E-state index contributed by atoms with van der Waals surface area (Å²) in [5, 5.41) is 22.1. The number of rotatable bonds is 10. The van der Waals surface area contributed by atoms with Crippen LogP contribution in [0.15, 0.2) is 54.6 Å². The van der Waals surface area contributed by atoms with Gasteiger partial charge in [-0.25, -0.2) is 14.6 Å². The minimum Gasteiger partial charge on any atom is -0.481 e. The second kappa shape index (κ2) is 13.4. The number of nitrogens with one attached hydrogen (secondary N) is 1.